The average Bonchev–Trinajstić information content (AvgIpc) is 2.11. The van der Waals surface area contributed by atoms with Gasteiger partial charge in [-0.25, -0.2) is 0 Å². The number of hydrogen-bond acceptors (Lipinski definition) is 4. The third-order valence-electron chi connectivity index (χ3n) is 1.45. The van der Waals surface area contributed by atoms with Crippen LogP contribution in [0.2, 0.25) is 0 Å². The summed E-state index contributed by atoms with van der Waals surface area (Å²) in [7, 11) is 0. The molecule has 4 nitrogen and oxygen atoms in total. The molecule has 0 saturated carbocycles. The summed E-state index contributed by atoms with van der Waals surface area (Å²) < 4.78 is 9.32. The SMILES string of the molecule is CC(=O)OC(C)C.CCCCCOC(C)=O. The van der Waals surface area contributed by atoms with Crippen LogP contribution in [0.3, 0.4) is 0 Å². The largest absolute Gasteiger partial charge is 0.466 e. The lowest BCUT2D eigenvalue weighted by molar-refractivity contribution is -0.144. The van der Waals surface area contributed by atoms with Gasteiger partial charge in [-0.1, -0.05) is 19.8 Å². The Kier molecular flexibility index (Phi) is 13.0. The lowest BCUT2D eigenvalue weighted by Gasteiger charge is -2.01. The first kappa shape index (κ1) is 17.3. The van der Waals surface area contributed by atoms with Gasteiger partial charge in [-0.3, -0.25) is 9.59 Å². The minimum Gasteiger partial charge on any atom is -0.466 e. The number of carbonyl (C=O) groups excluding carboxylic acids is 2. The van der Waals surface area contributed by atoms with Gasteiger partial charge in [0.1, 0.15) is 0 Å². The summed E-state index contributed by atoms with van der Waals surface area (Å²) in [4.78, 5) is 20.2. The summed E-state index contributed by atoms with van der Waals surface area (Å²) in [5.41, 5.74) is 0. The first-order chi connectivity index (χ1) is 7.40. The lowest BCUT2D eigenvalue weighted by Crippen LogP contribution is -2.06. The fourth-order valence-electron chi connectivity index (χ4n) is 0.900. The Balaban J connectivity index is 0. The number of hydrogen-bond donors (Lipinski definition) is 0. The molecule has 0 N–H and O–H groups in total. The molecule has 0 aliphatic heterocycles. The fourth-order valence-corrected chi connectivity index (χ4v) is 0.900. The van der Waals surface area contributed by atoms with Gasteiger partial charge in [-0.05, 0) is 20.3 Å². The van der Waals surface area contributed by atoms with E-state index < -0.39 is 0 Å². The van der Waals surface area contributed by atoms with E-state index >= 15 is 0 Å². The smallest absolute Gasteiger partial charge is 0.302 e. The van der Waals surface area contributed by atoms with Crippen LogP contribution in [0.5, 0.6) is 0 Å². The van der Waals surface area contributed by atoms with Gasteiger partial charge in [-0.15, -0.1) is 0 Å². The minimum atomic E-state index is -0.213. The van der Waals surface area contributed by atoms with Gasteiger partial charge in [0.15, 0.2) is 0 Å². The highest BCUT2D eigenvalue weighted by atomic mass is 16.5. The predicted molar refractivity (Wildman–Crippen MR) is 63.1 cm³/mol. The van der Waals surface area contributed by atoms with Crippen LogP contribution < -0.4 is 0 Å². The highest BCUT2D eigenvalue weighted by Crippen LogP contribution is 1.93. The van der Waals surface area contributed by atoms with Crippen LogP contribution in [0, 0.1) is 0 Å². The number of unbranched alkanes of at least 4 members (excludes halogenated alkanes) is 2. The van der Waals surface area contributed by atoms with E-state index in [0.717, 1.165) is 12.8 Å². The van der Waals surface area contributed by atoms with Crippen LogP contribution in [0.15, 0.2) is 0 Å². The summed E-state index contributed by atoms with van der Waals surface area (Å²) in [6, 6.07) is 0. The molecule has 0 heterocycles. The number of esters is 2. The zero-order valence-corrected chi connectivity index (χ0v) is 11.0. The maximum Gasteiger partial charge on any atom is 0.302 e. The molecule has 0 spiro atoms. The second kappa shape index (κ2) is 12.0. The Bertz CT molecular complexity index is 187. The van der Waals surface area contributed by atoms with Crippen molar-refractivity contribution in [3.63, 3.8) is 0 Å². The Labute approximate surface area is 98.3 Å². The van der Waals surface area contributed by atoms with Crippen molar-refractivity contribution in [1.82, 2.24) is 0 Å². The maximum absolute atomic E-state index is 10.2. The van der Waals surface area contributed by atoms with Crippen molar-refractivity contribution in [3.05, 3.63) is 0 Å². The van der Waals surface area contributed by atoms with Gasteiger partial charge >= 0.3 is 11.9 Å². The van der Waals surface area contributed by atoms with Crippen LogP contribution in [-0.4, -0.2) is 24.6 Å². The standard InChI is InChI=1S/C7H14O2.C5H10O2/c1-3-4-5-6-9-7(2)8;1-4(2)7-5(3)6/h3-6H2,1-2H3;4H,1-3H3. The van der Waals surface area contributed by atoms with Crippen molar-refractivity contribution in [2.75, 3.05) is 6.61 Å². The Morgan fingerprint density at radius 3 is 1.88 bits per heavy atom. The van der Waals surface area contributed by atoms with Crippen molar-refractivity contribution in [2.45, 2.75) is 60.0 Å². The van der Waals surface area contributed by atoms with E-state index in [1.807, 2.05) is 13.8 Å². The Hall–Kier alpha value is -1.06. The molecule has 0 aromatic rings. The van der Waals surface area contributed by atoms with Crippen LogP contribution >= 0.6 is 0 Å². The molecule has 0 unspecified atom stereocenters. The third-order valence-corrected chi connectivity index (χ3v) is 1.45. The molecule has 0 atom stereocenters. The average molecular weight is 232 g/mol. The molecule has 0 aliphatic carbocycles. The summed E-state index contributed by atoms with van der Waals surface area (Å²) in [6.45, 7) is 9.19. The fraction of sp³-hybridized carbons (Fsp3) is 0.833. The molecule has 16 heavy (non-hydrogen) atoms. The van der Waals surface area contributed by atoms with Gasteiger partial charge in [0.05, 0.1) is 12.7 Å². The van der Waals surface area contributed by atoms with E-state index in [0.29, 0.717) is 6.61 Å². The van der Waals surface area contributed by atoms with E-state index in [2.05, 4.69) is 11.7 Å². The third kappa shape index (κ3) is 23.1. The number of rotatable bonds is 5. The van der Waals surface area contributed by atoms with Gasteiger partial charge in [0, 0.05) is 13.8 Å². The highest BCUT2D eigenvalue weighted by Gasteiger charge is 1.93. The number of carbonyl (C=O) groups is 2. The maximum atomic E-state index is 10.2. The zero-order chi connectivity index (χ0) is 13.0. The van der Waals surface area contributed by atoms with Crippen molar-refractivity contribution < 1.29 is 19.1 Å². The van der Waals surface area contributed by atoms with Crippen molar-refractivity contribution >= 4 is 11.9 Å². The van der Waals surface area contributed by atoms with Crippen LogP contribution in [-0.2, 0) is 19.1 Å². The quantitative estimate of drug-likeness (QED) is 0.540. The molecular weight excluding hydrogens is 208 g/mol. The second-order valence-electron chi connectivity index (χ2n) is 3.71. The van der Waals surface area contributed by atoms with Crippen molar-refractivity contribution in [1.29, 1.82) is 0 Å². The molecule has 0 amide bonds. The molecule has 0 fully saturated rings. The normalized spacial score (nSPS) is 9.12. The zero-order valence-electron chi connectivity index (χ0n) is 11.0. The number of ether oxygens (including phenoxy) is 2. The predicted octanol–water partition coefficient (Wildman–Crippen LogP) is 2.70. The molecule has 0 aliphatic rings. The minimum absolute atomic E-state index is 0.0255. The topological polar surface area (TPSA) is 52.6 Å². The van der Waals surface area contributed by atoms with E-state index in [1.54, 1.807) is 0 Å². The van der Waals surface area contributed by atoms with Crippen LogP contribution in [0.4, 0.5) is 0 Å². The molecule has 0 rings (SSSR count). The molecule has 96 valence electrons. The van der Waals surface area contributed by atoms with Crippen LogP contribution in [0.1, 0.15) is 53.9 Å². The van der Waals surface area contributed by atoms with Gasteiger partial charge in [-0.2, -0.15) is 0 Å². The van der Waals surface area contributed by atoms with Gasteiger partial charge in [0.2, 0.25) is 0 Å². The molecule has 0 bridgehead atoms. The van der Waals surface area contributed by atoms with Gasteiger partial charge in [0.25, 0.3) is 0 Å². The molecule has 0 saturated heterocycles. The van der Waals surface area contributed by atoms with Crippen molar-refractivity contribution in [3.8, 4) is 0 Å². The second-order valence-corrected chi connectivity index (χ2v) is 3.71. The summed E-state index contributed by atoms with van der Waals surface area (Å²) in [5, 5.41) is 0. The monoisotopic (exact) mass is 232 g/mol. The van der Waals surface area contributed by atoms with E-state index in [1.165, 1.54) is 20.3 Å². The van der Waals surface area contributed by atoms with E-state index in [9.17, 15) is 9.59 Å². The highest BCUT2D eigenvalue weighted by molar-refractivity contribution is 5.66. The summed E-state index contributed by atoms with van der Waals surface area (Å²) in [6.07, 6.45) is 3.34. The molecule has 0 aromatic heterocycles. The molecule has 4 heteroatoms. The molecular formula is C12H24O4. The first-order valence-electron chi connectivity index (χ1n) is 5.70. The van der Waals surface area contributed by atoms with E-state index in [4.69, 9.17) is 4.74 Å². The van der Waals surface area contributed by atoms with Crippen LogP contribution in [0.25, 0.3) is 0 Å². The summed E-state index contributed by atoms with van der Waals surface area (Å²) >= 11 is 0. The van der Waals surface area contributed by atoms with E-state index in [-0.39, 0.29) is 18.0 Å². The van der Waals surface area contributed by atoms with Gasteiger partial charge < -0.3 is 9.47 Å². The molecule has 0 aromatic carbocycles. The Morgan fingerprint density at radius 2 is 1.62 bits per heavy atom. The van der Waals surface area contributed by atoms with Crippen molar-refractivity contribution in [2.24, 2.45) is 0 Å². The molecule has 0 radical (unpaired) electrons. The summed E-state index contributed by atoms with van der Waals surface area (Å²) in [5.74, 6) is -0.388. The Morgan fingerprint density at radius 1 is 1.06 bits per heavy atom. The first-order valence-corrected chi connectivity index (χ1v) is 5.70. The lowest BCUT2D eigenvalue weighted by atomic mass is 10.3.